The fourth-order valence-electron chi connectivity index (χ4n) is 1.44. The Morgan fingerprint density at radius 2 is 2.13 bits per heavy atom. The van der Waals surface area contributed by atoms with Gasteiger partial charge in [0, 0.05) is 6.54 Å². The molecule has 0 bridgehead atoms. The standard InChI is InChI=1S/C12H17NO2/c1-9-4-5-10(2)11(8-9)6-7-13-12(14)15-3/h4-5,8H,6-7H2,1-3H3,(H,13,14). The lowest BCUT2D eigenvalue weighted by Crippen LogP contribution is -2.25. The molecule has 0 fully saturated rings. The number of amides is 1. The van der Waals surface area contributed by atoms with E-state index in [1.165, 1.54) is 23.8 Å². The number of hydrogen-bond acceptors (Lipinski definition) is 2. The maximum Gasteiger partial charge on any atom is 0.406 e. The Morgan fingerprint density at radius 3 is 2.80 bits per heavy atom. The first-order valence-electron chi connectivity index (χ1n) is 5.01. The van der Waals surface area contributed by atoms with Crippen LogP contribution in [0.2, 0.25) is 0 Å². The normalized spacial score (nSPS) is 9.80. The Bertz CT molecular complexity index is 347. The molecule has 3 nitrogen and oxygen atoms in total. The van der Waals surface area contributed by atoms with E-state index in [0.717, 1.165) is 6.42 Å². The lowest BCUT2D eigenvalue weighted by atomic mass is 10.0. The number of hydrogen-bond donors (Lipinski definition) is 1. The number of nitrogens with one attached hydrogen (secondary N) is 1. The molecule has 0 aliphatic heterocycles. The Kier molecular flexibility index (Phi) is 4.16. The summed E-state index contributed by atoms with van der Waals surface area (Å²) in [5.74, 6) is 0. The molecule has 1 aromatic carbocycles. The molecule has 1 aromatic rings. The molecule has 1 amide bonds. The summed E-state index contributed by atoms with van der Waals surface area (Å²) in [6, 6.07) is 6.34. The van der Waals surface area contributed by atoms with E-state index in [1.54, 1.807) is 0 Å². The van der Waals surface area contributed by atoms with Crippen LogP contribution in [0.5, 0.6) is 0 Å². The van der Waals surface area contributed by atoms with Gasteiger partial charge in [0.15, 0.2) is 0 Å². The number of carbonyl (C=O) groups excluding carboxylic acids is 1. The van der Waals surface area contributed by atoms with E-state index in [4.69, 9.17) is 0 Å². The average Bonchev–Trinajstić information content (AvgIpc) is 2.23. The summed E-state index contributed by atoms with van der Waals surface area (Å²) in [6.45, 7) is 4.75. The van der Waals surface area contributed by atoms with Crippen molar-refractivity contribution in [3.8, 4) is 0 Å². The molecule has 0 saturated heterocycles. The van der Waals surface area contributed by atoms with Gasteiger partial charge in [-0.2, -0.15) is 0 Å². The van der Waals surface area contributed by atoms with Gasteiger partial charge in [0.2, 0.25) is 0 Å². The molecule has 82 valence electrons. The van der Waals surface area contributed by atoms with E-state index in [9.17, 15) is 4.79 Å². The minimum atomic E-state index is -0.375. The number of benzene rings is 1. The molecule has 1 N–H and O–H groups in total. The third-order valence-corrected chi connectivity index (χ3v) is 2.35. The van der Waals surface area contributed by atoms with Crippen LogP contribution in [0.1, 0.15) is 16.7 Å². The summed E-state index contributed by atoms with van der Waals surface area (Å²) in [7, 11) is 1.37. The second-order valence-electron chi connectivity index (χ2n) is 3.60. The number of ether oxygens (including phenoxy) is 1. The van der Waals surface area contributed by atoms with Gasteiger partial charge >= 0.3 is 6.09 Å². The summed E-state index contributed by atoms with van der Waals surface area (Å²) in [4.78, 5) is 10.8. The van der Waals surface area contributed by atoms with Gasteiger partial charge in [-0.3, -0.25) is 0 Å². The van der Waals surface area contributed by atoms with Crippen LogP contribution in [0, 0.1) is 13.8 Å². The third-order valence-electron chi connectivity index (χ3n) is 2.35. The van der Waals surface area contributed by atoms with E-state index in [2.05, 4.69) is 42.1 Å². The molecular weight excluding hydrogens is 190 g/mol. The maximum absolute atomic E-state index is 10.8. The molecule has 0 atom stereocenters. The SMILES string of the molecule is COC(=O)NCCc1cc(C)ccc1C. The molecule has 0 aliphatic rings. The van der Waals surface area contributed by atoms with Crippen molar-refractivity contribution in [1.29, 1.82) is 0 Å². The van der Waals surface area contributed by atoms with Gasteiger partial charge in [-0.1, -0.05) is 23.8 Å². The highest BCUT2D eigenvalue weighted by atomic mass is 16.5. The van der Waals surface area contributed by atoms with E-state index in [0.29, 0.717) is 6.54 Å². The van der Waals surface area contributed by atoms with E-state index in [1.807, 2.05) is 0 Å². The smallest absolute Gasteiger partial charge is 0.406 e. The van der Waals surface area contributed by atoms with Crippen LogP contribution in [-0.4, -0.2) is 19.7 Å². The van der Waals surface area contributed by atoms with Gasteiger partial charge in [-0.05, 0) is 31.4 Å². The maximum atomic E-state index is 10.8. The fraction of sp³-hybridized carbons (Fsp3) is 0.417. The van der Waals surface area contributed by atoms with Crippen molar-refractivity contribution in [1.82, 2.24) is 5.32 Å². The lowest BCUT2D eigenvalue weighted by molar-refractivity contribution is 0.171. The Balaban J connectivity index is 2.50. The average molecular weight is 207 g/mol. The predicted molar refractivity (Wildman–Crippen MR) is 60.0 cm³/mol. The summed E-state index contributed by atoms with van der Waals surface area (Å²) in [5, 5.41) is 2.67. The van der Waals surface area contributed by atoms with Crippen molar-refractivity contribution in [2.24, 2.45) is 0 Å². The van der Waals surface area contributed by atoms with Crippen LogP contribution in [-0.2, 0) is 11.2 Å². The molecule has 0 saturated carbocycles. The van der Waals surface area contributed by atoms with Crippen molar-refractivity contribution < 1.29 is 9.53 Å². The minimum Gasteiger partial charge on any atom is -0.453 e. The van der Waals surface area contributed by atoms with E-state index < -0.39 is 0 Å². The van der Waals surface area contributed by atoms with Crippen LogP contribution in [0.3, 0.4) is 0 Å². The van der Waals surface area contributed by atoms with Crippen LogP contribution < -0.4 is 5.32 Å². The highest BCUT2D eigenvalue weighted by Gasteiger charge is 2.01. The molecule has 0 heterocycles. The van der Waals surface area contributed by atoms with Crippen molar-refractivity contribution in [3.63, 3.8) is 0 Å². The van der Waals surface area contributed by atoms with Gasteiger partial charge in [0.1, 0.15) is 0 Å². The number of rotatable bonds is 3. The second kappa shape index (κ2) is 5.39. The zero-order valence-corrected chi connectivity index (χ0v) is 9.46. The van der Waals surface area contributed by atoms with Crippen molar-refractivity contribution in [2.75, 3.05) is 13.7 Å². The van der Waals surface area contributed by atoms with E-state index >= 15 is 0 Å². The first-order chi connectivity index (χ1) is 7.13. The molecule has 0 aromatic heterocycles. The highest BCUT2D eigenvalue weighted by Crippen LogP contribution is 2.10. The molecule has 1 rings (SSSR count). The number of alkyl carbamates (subject to hydrolysis) is 1. The number of methoxy groups -OCH3 is 1. The summed E-state index contributed by atoms with van der Waals surface area (Å²) in [5.41, 5.74) is 3.77. The van der Waals surface area contributed by atoms with Gasteiger partial charge in [-0.25, -0.2) is 4.79 Å². The summed E-state index contributed by atoms with van der Waals surface area (Å²) >= 11 is 0. The third kappa shape index (κ3) is 3.62. The van der Waals surface area contributed by atoms with E-state index in [-0.39, 0.29) is 6.09 Å². The van der Waals surface area contributed by atoms with Crippen LogP contribution in [0.4, 0.5) is 4.79 Å². The van der Waals surface area contributed by atoms with Gasteiger partial charge in [-0.15, -0.1) is 0 Å². The number of aryl methyl sites for hydroxylation is 2. The predicted octanol–water partition coefficient (Wildman–Crippen LogP) is 2.20. The Labute approximate surface area is 90.4 Å². The van der Waals surface area contributed by atoms with Crippen LogP contribution in [0.15, 0.2) is 18.2 Å². The first-order valence-corrected chi connectivity index (χ1v) is 5.01. The molecule has 15 heavy (non-hydrogen) atoms. The minimum absolute atomic E-state index is 0.375. The summed E-state index contributed by atoms with van der Waals surface area (Å²) < 4.78 is 4.49. The zero-order valence-electron chi connectivity index (χ0n) is 9.46. The quantitative estimate of drug-likeness (QED) is 0.825. The lowest BCUT2D eigenvalue weighted by Gasteiger charge is -2.07. The number of carbonyl (C=O) groups is 1. The van der Waals surface area contributed by atoms with Crippen molar-refractivity contribution >= 4 is 6.09 Å². The molecule has 0 radical (unpaired) electrons. The second-order valence-corrected chi connectivity index (χ2v) is 3.60. The fourth-order valence-corrected chi connectivity index (χ4v) is 1.44. The molecule has 3 heteroatoms. The van der Waals surface area contributed by atoms with Crippen LogP contribution in [0.25, 0.3) is 0 Å². The molecule has 0 spiro atoms. The largest absolute Gasteiger partial charge is 0.453 e. The topological polar surface area (TPSA) is 38.3 Å². The molecule has 0 unspecified atom stereocenters. The van der Waals surface area contributed by atoms with Crippen molar-refractivity contribution in [3.05, 3.63) is 34.9 Å². The highest BCUT2D eigenvalue weighted by molar-refractivity contribution is 5.66. The van der Waals surface area contributed by atoms with Crippen molar-refractivity contribution in [2.45, 2.75) is 20.3 Å². The zero-order chi connectivity index (χ0) is 11.3. The van der Waals surface area contributed by atoms with Crippen LogP contribution >= 0.6 is 0 Å². The van der Waals surface area contributed by atoms with Gasteiger partial charge in [0.25, 0.3) is 0 Å². The molecular formula is C12H17NO2. The Morgan fingerprint density at radius 1 is 1.40 bits per heavy atom. The van der Waals surface area contributed by atoms with Gasteiger partial charge < -0.3 is 10.1 Å². The first kappa shape index (κ1) is 11.6. The Hall–Kier alpha value is -1.51. The molecule has 0 aliphatic carbocycles. The monoisotopic (exact) mass is 207 g/mol. The summed E-state index contributed by atoms with van der Waals surface area (Å²) in [6.07, 6.45) is 0.461. The van der Waals surface area contributed by atoms with Gasteiger partial charge in [0.05, 0.1) is 7.11 Å².